The highest BCUT2D eigenvalue weighted by Crippen LogP contribution is 2.05. The van der Waals surface area contributed by atoms with E-state index in [9.17, 15) is 4.79 Å². The number of ether oxygens (including phenoxy) is 3. The van der Waals surface area contributed by atoms with Gasteiger partial charge >= 0.3 is 5.97 Å². The Morgan fingerprint density at radius 1 is 1.33 bits per heavy atom. The minimum Gasteiger partial charge on any atom is -0.476 e. The second kappa shape index (κ2) is 8.62. The van der Waals surface area contributed by atoms with Crippen molar-refractivity contribution < 1.29 is 28.6 Å². The van der Waals surface area contributed by atoms with Gasteiger partial charge in [-0.15, -0.1) is 0 Å². The van der Waals surface area contributed by atoms with E-state index in [0.29, 0.717) is 32.2 Å². The molecule has 102 valence electrons. The van der Waals surface area contributed by atoms with Crippen molar-refractivity contribution in [2.45, 2.75) is 13.0 Å². The molecule has 0 aliphatic rings. The lowest BCUT2D eigenvalue weighted by Crippen LogP contribution is -2.05. The first-order valence-corrected chi connectivity index (χ1v) is 5.57. The Morgan fingerprint density at radius 2 is 2.11 bits per heavy atom. The third-order valence-corrected chi connectivity index (χ3v) is 2.03. The van der Waals surface area contributed by atoms with Gasteiger partial charge in [-0.25, -0.2) is 4.79 Å². The zero-order valence-electron chi connectivity index (χ0n) is 10.3. The number of aromatic nitrogens is 1. The third-order valence-electron chi connectivity index (χ3n) is 2.03. The van der Waals surface area contributed by atoms with Crippen LogP contribution in [-0.4, -0.2) is 49.8 Å². The molecule has 0 amide bonds. The molecule has 0 aliphatic heterocycles. The Hall–Kier alpha value is -1.44. The topological polar surface area (TPSA) is 91.0 Å². The number of hydrogen-bond donors (Lipinski definition) is 1. The van der Waals surface area contributed by atoms with Crippen LogP contribution in [-0.2, 0) is 20.8 Å². The predicted molar refractivity (Wildman–Crippen MR) is 60.4 cm³/mol. The number of aromatic carboxylic acids is 1. The van der Waals surface area contributed by atoms with Gasteiger partial charge in [-0.1, -0.05) is 5.16 Å². The summed E-state index contributed by atoms with van der Waals surface area (Å²) in [6.45, 7) is 2.46. The third kappa shape index (κ3) is 5.76. The van der Waals surface area contributed by atoms with E-state index in [1.807, 2.05) is 0 Å². The molecule has 0 saturated carbocycles. The van der Waals surface area contributed by atoms with E-state index in [2.05, 4.69) is 5.16 Å². The number of carboxylic acids is 1. The summed E-state index contributed by atoms with van der Waals surface area (Å²) in [6.07, 6.45) is 0.754. The van der Waals surface area contributed by atoms with Gasteiger partial charge in [0, 0.05) is 26.4 Å². The van der Waals surface area contributed by atoms with E-state index < -0.39 is 5.97 Å². The van der Waals surface area contributed by atoms with Crippen LogP contribution in [0.3, 0.4) is 0 Å². The smallest absolute Gasteiger partial charge is 0.358 e. The lowest BCUT2D eigenvalue weighted by Gasteiger charge is -2.03. The summed E-state index contributed by atoms with van der Waals surface area (Å²) in [6, 6.07) is 1.34. The molecule has 0 radical (unpaired) electrons. The molecule has 7 nitrogen and oxygen atoms in total. The summed E-state index contributed by atoms with van der Waals surface area (Å²) < 4.78 is 20.1. The lowest BCUT2D eigenvalue weighted by molar-refractivity contribution is 0.0443. The second-order valence-electron chi connectivity index (χ2n) is 3.49. The Kier molecular flexibility index (Phi) is 7.00. The molecule has 0 fully saturated rings. The summed E-state index contributed by atoms with van der Waals surface area (Å²) in [4.78, 5) is 10.5. The van der Waals surface area contributed by atoms with Crippen molar-refractivity contribution in [1.29, 1.82) is 0 Å². The molecule has 1 heterocycles. The SMILES string of the molecule is COCCOCCCOCc1cc(C(=O)O)no1. The molecule has 0 bridgehead atoms. The summed E-state index contributed by atoms with van der Waals surface area (Å²) in [5.41, 5.74) is -0.114. The molecule has 0 atom stereocenters. The molecular weight excluding hydrogens is 242 g/mol. The molecule has 1 rings (SSSR count). The number of methoxy groups -OCH3 is 1. The molecular formula is C11H17NO6. The Balaban J connectivity index is 2.02. The summed E-state index contributed by atoms with van der Waals surface area (Å²) in [5.74, 6) is -0.718. The van der Waals surface area contributed by atoms with Crippen LogP contribution < -0.4 is 0 Å². The number of rotatable bonds is 10. The zero-order valence-corrected chi connectivity index (χ0v) is 10.3. The highest BCUT2D eigenvalue weighted by atomic mass is 16.5. The van der Waals surface area contributed by atoms with Gasteiger partial charge in [0.2, 0.25) is 0 Å². The molecule has 1 aromatic heterocycles. The maximum Gasteiger partial charge on any atom is 0.358 e. The molecule has 0 aromatic carbocycles. The van der Waals surface area contributed by atoms with E-state index >= 15 is 0 Å². The van der Waals surface area contributed by atoms with Crippen molar-refractivity contribution in [2.24, 2.45) is 0 Å². The Bertz CT molecular complexity index is 351. The number of carboxylic acid groups (broad SMARTS) is 1. The fourth-order valence-corrected chi connectivity index (χ4v) is 1.16. The summed E-state index contributed by atoms with van der Waals surface area (Å²) in [7, 11) is 1.62. The number of nitrogens with zero attached hydrogens (tertiary/aromatic N) is 1. The highest BCUT2D eigenvalue weighted by molar-refractivity contribution is 5.85. The molecule has 18 heavy (non-hydrogen) atoms. The predicted octanol–water partition coefficient (Wildman–Crippen LogP) is 0.942. The molecule has 0 saturated heterocycles. The maximum absolute atomic E-state index is 10.5. The van der Waals surface area contributed by atoms with Crippen LogP contribution in [0.4, 0.5) is 0 Å². The van der Waals surface area contributed by atoms with E-state index in [1.54, 1.807) is 7.11 Å². The fraction of sp³-hybridized carbons (Fsp3) is 0.636. The van der Waals surface area contributed by atoms with Crippen molar-refractivity contribution in [3.63, 3.8) is 0 Å². The molecule has 1 aromatic rings. The van der Waals surface area contributed by atoms with Crippen molar-refractivity contribution in [3.8, 4) is 0 Å². The van der Waals surface area contributed by atoms with Crippen molar-refractivity contribution >= 4 is 5.97 Å². The van der Waals surface area contributed by atoms with Gasteiger partial charge in [-0.05, 0) is 6.42 Å². The monoisotopic (exact) mass is 259 g/mol. The van der Waals surface area contributed by atoms with Crippen molar-refractivity contribution in [2.75, 3.05) is 33.5 Å². The van der Waals surface area contributed by atoms with Crippen LogP contribution >= 0.6 is 0 Å². The van der Waals surface area contributed by atoms with Crippen LogP contribution in [0, 0.1) is 0 Å². The first-order valence-electron chi connectivity index (χ1n) is 5.57. The van der Waals surface area contributed by atoms with Gasteiger partial charge in [-0.2, -0.15) is 0 Å². The van der Waals surface area contributed by atoms with E-state index in [0.717, 1.165) is 6.42 Å². The quantitative estimate of drug-likeness (QED) is 0.625. The fourth-order valence-electron chi connectivity index (χ4n) is 1.16. The summed E-state index contributed by atoms with van der Waals surface area (Å²) in [5, 5.41) is 12.0. The zero-order chi connectivity index (χ0) is 13.2. The molecule has 0 spiro atoms. The van der Waals surface area contributed by atoms with Gasteiger partial charge in [0.15, 0.2) is 11.5 Å². The maximum atomic E-state index is 10.5. The standard InChI is InChI=1S/C11H17NO6/c1-15-5-6-16-3-2-4-17-8-9-7-10(11(13)14)12-18-9/h7H,2-6,8H2,1H3,(H,13,14). The first-order chi connectivity index (χ1) is 8.74. The second-order valence-corrected chi connectivity index (χ2v) is 3.49. The van der Waals surface area contributed by atoms with Crippen LogP contribution in [0.15, 0.2) is 10.6 Å². The van der Waals surface area contributed by atoms with Crippen LogP contribution in [0.5, 0.6) is 0 Å². The van der Waals surface area contributed by atoms with Gasteiger partial charge in [-0.3, -0.25) is 0 Å². The van der Waals surface area contributed by atoms with Crippen molar-refractivity contribution in [1.82, 2.24) is 5.16 Å². The summed E-state index contributed by atoms with van der Waals surface area (Å²) >= 11 is 0. The molecule has 7 heteroatoms. The first kappa shape index (κ1) is 14.6. The Labute approximate surface area is 105 Å². The largest absolute Gasteiger partial charge is 0.476 e. The average Bonchev–Trinajstić information content (AvgIpc) is 2.81. The Morgan fingerprint density at radius 3 is 2.78 bits per heavy atom. The van der Waals surface area contributed by atoms with Crippen LogP contribution in [0.25, 0.3) is 0 Å². The molecule has 0 unspecified atom stereocenters. The minimum atomic E-state index is -1.11. The van der Waals surface area contributed by atoms with Crippen molar-refractivity contribution in [3.05, 3.63) is 17.5 Å². The van der Waals surface area contributed by atoms with Crippen LogP contribution in [0.1, 0.15) is 22.7 Å². The van der Waals surface area contributed by atoms with E-state index in [4.69, 9.17) is 23.8 Å². The molecule has 1 N–H and O–H groups in total. The van der Waals surface area contributed by atoms with E-state index in [-0.39, 0.29) is 12.3 Å². The highest BCUT2D eigenvalue weighted by Gasteiger charge is 2.10. The van der Waals surface area contributed by atoms with Gasteiger partial charge < -0.3 is 23.8 Å². The van der Waals surface area contributed by atoms with Crippen LogP contribution in [0.2, 0.25) is 0 Å². The minimum absolute atomic E-state index is 0.114. The average molecular weight is 259 g/mol. The molecule has 0 aliphatic carbocycles. The van der Waals surface area contributed by atoms with Gasteiger partial charge in [0.25, 0.3) is 0 Å². The number of hydrogen-bond acceptors (Lipinski definition) is 6. The van der Waals surface area contributed by atoms with Gasteiger partial charge in [0.05, 0.1) is 13.2 Å². The van der Waals surface area contributed by atoms with E-state index in [1.165, 1.54) is 6.07 Å². The van der Waals surface area contributed by atoms with Gasteiger partial charge in [0.1, 0.15) is 6.61 Å². The lowest BCUT2D eigenvalue weighted by atomic mass is 10.4. The number of carbonyl (C=O) groups is 1. The normalized spacial score (nSPS) is 10.7.